The van der Waals surface area contributed by atoms with Gasteiger partial charge in [0.1, 0.15) is 0 Å². The first-order chi connectivity index (χ1) is 1.41. The molecule has 5 heteroatoms. The maximum atomic E-state index is 8.46. The third-order valence-corrected chi connectivity index (χ3v) is 0. The van der Waals surface area contributed by atoms with E-state index >= 15 is 0 Å². The Morgan fingerprint density at radius 3 is 1.20 bits per heavy atom. The van der Waals surface area contributed by atoms with E-state index in [1.54, 1.807) is 0 Å². The van der Waals surface area contributed by atoms with Gasteiger partial charge in [0.25, 0.3) is 0 Å². The molecule has 0 amide bonds. The average molecular weight is 210 g/mol. The van der Waals surface area contributed by atoms with Crippen LogP contribution in [0.4, 0.5) is 0 Å². The summed E-state index contributed by atoms with van der Waals surface area (Å²) in [7, 11) is 0. The van der Waals surface area contributed by atoms with Gasteiger partial charge in [-0.05, 0) is 0 Å². The molecule has 3 nitrogen and oxygen atoms in total. The van der Waals surface area contributed by atoms with Gasteiger partial charge in [-0.2, -0.15) is 0 Å². The van der Waals surface area contributed by atoms with Crippen molar-refractivity contribution < 1.29 is 46.1 Å². The number of rotatable bonds is 0. The molecule has 38 valence electrons. The molecular formula is H2NiO3Ru. The van der Waals surface area contributed by atoms with Crippen molar-refractivity contribution in [1.82, 2.24) is 0 Å². The van der Waals surface area contributed by atoms with Crippen molar-refractivity contribution in [3.8, 4) is 0 Å². The maximum absolute atomic E-state index is 8.46. The quantitative estimate of drug-likeness (QED) is 0.477. The molecule has 0 aliphatic rings. The molecule has 0 bridgehead atoms. The van der Waals surface area contributed by atoms with Crippen molar-refractivity contribution in [3.63, 3.8) is 0 Å². The third kappa shape index (κ3) is 73.1. The van der Waals surface area contributed by atoms with Gasteiger partial charge in [-0.1, -0.05) is 0 Å². The van der Waals surface area contributed by atoms with E-state index in [0.29, 0.717) is 0 Å². The predicted molar refractivity (Wildman–Crippen MR) is 4.99 cm³/mol. The van der Waals surface area contributed by atoms with E-state index in [-0.39, 0.29) is 22.0 Å². The van der Waals surface area contributed by atoms with Gasteiger partial charge in [-0.3, -0.25) is 0 Å². The summed E-state index contributed by atoms with van der Waals surface area (Å²) >= 11 is -1.79. The van der Waals surface area contributed by atoms with Crippen LogP contribution in [0, 0.1) is 0 Å². The van der Waals surface area contributed by atoms with E-state index in [1.807, 2.05) is 0 Å². The second kappa shape index (κ2) is 22.5. The summed E-state index contributed by atoms with van der Waals surface area (Å²) in [6.45, 7) is 0. The zero-order chi connectivity index (χ0) is 2.71. The molecular weight excluding hydrogens is 208 g/mol. The molecule has 0 aromatic carbocycles. The van der Waals surface area contributed by atoms with E-state index in [1.165, 1.54) is 0 Å². The summed E-state index contributed by atoms with van der Waals surface area (Å²) in [5.41, 5.74) is 0. The van der Waals surface area contributed by atoms with Crippen LogP contribution in [0.3, 0.4) is 0 Å². The first-order valence-corrected chi connectivity index (χ1v) is 1.71. The normalized spacial score (nSPS) is 3.20. The predicted octanol–water partition coefficient (Wildman–Crippen LogP) is -1.07. The molecule has 0 atom stereocenters. The van der Waals surface area contributed by atoms with Crippen LogP contribution < -0.4 is 0 Å². The first-order valence-electron chi connectivity index (χ1n) is 0.289. The van der Waals surface area contributed by atoms with Gasteiger partial charge in [-0.15, -0.1) is 0 Å². The molecule has 2 N–H and O–H groups in total. The monoisotopic (exact) mass is 210 g/mol. The summed E-state index contributed by atoms with van der Waals surface area (Å²) in [6, 6.07) is 0. The summed E-state index contributed by atoms with van der Waals surface area (Å²) in [5.74, 6) is 0. The molecule has 0 rings (SSSR count). The Hall–Kier alpha value is 0.677. The fourth-order valence-corrected chi connectivity index (χ4v) is 0. The van der Waals surface area contributed by atoms with Gasteiger partial charge in [0.05, 0.1) is 0 Å². The summed E-state index contributed by atoms with van der Waals surface area (Å²) in [5, 5.41) is 0. The van der Waals surface area contributed by atoms with Gasteiger partial charge < -0.3 is 5.48 Å². The zero-order valence-electron chi connectivity index (χ0n) is 1.99. The van der Waals surface area contributed by atoms with Crippen LogP contribution in [0.25, 0.3) is 0 Å². The van der Waals surface area contributed by atoms with E-state index in [0.717, 1.165) is 0 Å². The Balaban J connectivity index is -0.0000000200. The fourth-order valence-electron chi connectivity index (χ4n) is 0. The van der Waals surface area contributed by atoms with Crippen molar-refractivity contribution >= 4 is 0 Å². The van der Waals surface area contributed by atoms with Crippen LogP contribution in [-0.4, -0.2) is 5.48 Å². The molecule has 0 saturated carbocycles. The molecule has 0 unspecified atom stereocenters. The Bertz CT molecular complexity index is 27.9. The minimum atomic E-state index is -1.79. The molecule has 0 heterocycles. The number of hydrogen-bond donors (Lipinski definition) is 0. The SMILES string of the molecule is O.[Ni].[O]=[Ru]=[O]. The van der Waals surface area contributed by atoms with Gasteiger partial charge >= 0.3 is 24.2 Å². The van der Waals surface area contributed by atoms with Crippen molar-refractivity contribution in [2.45, 2.75) is 0 Å². The zero-order valence-corrected chi connectivity index (χ0v) is 4.71. The van der Waals surface area contributed by atoms with Crippen LogP contribution in [0.1, 0.15) is 0 Å². The molecule has 0 radical (unpaired) electrons. The van der Waals surface area contributed by atoms with Crippen LogP contribution in [-0.2, 0) is 40.7 Å². The molecule has 0 spiro atoms. The van der Waals surface area contributed by atoms with Crippen molar-refractivity contribution in [1.29, 1.82) is 0 Å². The van der Waals surface area contributed by atoms with Gasteiger partial charge in [-0.25, -0.2) is 0 Å². The Kier molecular flexibility index (Phi) is 77.9. The van der Waals surface area contributed by atoms with Gasteiger partial charge in [0.15, 0.2) is 0 Å². The van der Waals surface area contributed by atoms with Crippen LogP contribution >= 0.6 is 0 Å². The summed E-state index contributed by atoms with van der Waals surface area (Å²) < 4.78 is 16.9. The van der Waals surface area contributed by atoms with E-state index in [4.69, 9.17) is 7.15 Å². The Morgan fingerprint density at radius 1 is 1.20 bits per heavy atom. The second-order valence-corrected chi connectivity index (χ2v) is 0.349. The van der Waals surface area contributed by atoms with E-state index < -0.39 is 17.0 Å². The molecule has 0 saturated heterocycles. The van der Waals surface area contributed by atoms with Crippen LogP contribution in [0.5, 0.6) is 0 Å². The summed E-state index contributed by atoms with van der Waals surface area (Å²) in [4.78, 5) is 0. The molecule has 0 aromatic rings. The minimum absolute atomic E-state index is 0. The van der Waals surface area contributed by atoms with Crippen LogP contribution in [0.15, 0.2) is 0 Å². The van der Waals surface area contributed by atoms with Crippen LogP contribution in [0.2, 0.25) is 0 Å². The fraction of sp³-hybridized carbons (Fsp3) is 0. The average Bonchev–Trinajstić information content (AvgIpc) is 0.918. The first kappa shape index (κ1) is 17.3. The van der Waals surface area contributed by atoms with E-state index in [2.05, 4.69) is 0 Å². The third-order valence-electron chi connectivity index (χ3n) is 0. The topological polar surface area (TPSA) is 65.6 Å². The number of hydrogen-bond acceptors (Lipinski definition) is 2. The second-order valence-electron chi connectivity index (χ2n) is 0.0589. The molecule has 0 fully saturated rings. The van der Waals surface area contributed by atoms with Crippen molar-refractivity contribution in [3.05, 3.63) is 0 Å². The summed E-state index contributed by atoms with van der Waals surface area (Å²) in [6.07, 6.45) is 0. The molecule has 0 aromatic heterocycles. The van der Waals surface area contributed by atoms with E-state index in [9.17, 15) is 0 Å². The van der Waals surface area contributed by atoms with Crippen molar-refractivity contribution in [2.75, 3.05) is 0 Å². The molecule has 5 heavy (non-hydrogen) atoms. The standard InChI is InChI=1S/Ni.H2O.2O.Ru/h;1H2;;;. The Morgan fingerprint density at radius 2 is 1.20 bits per heavy atom. The Labute approximate surface area is 46.5 Å². The molecule has 0 aliphatic heterocycles. The molecule has 0 aliphatic carbocycles. The van der Waals surface area contributed by atoms with Gasteiger partial charge in [0, 0.05) is 16.5 Å². The van der Waals surface area contributed by atoms with Gasteiger partial charge in [0.2, 0.25) is 0 Å². The van der Waals surface area contributed by atoms with Crippen molar-refractivity contribution in [2.24, 2.45) is 0 Å².